The first-order chi connectivity index (χ1) is 14.5. The zero-order chi connectivity index (χ0) is 21.1. The molecule has 0 aliphatic carbocycles. The van der Waals surface area contributed by atoms with Gasteiger partial charge < -0.3 is 10.1 Å². The van der Waals surface area contributed by atoms with Crippen LogP contribution in [0.3, 0.4) is 0 Å². The van der Waals surface area contributed by atoms with Crippen LogP contribution < -0.4 is 5.32 Å². The van der Waals surface area contributed by atoms with Crippen molar-refractivity contribution < 1.29 is 9.53 Å². The number of hydrogen-bond acceptors (Lipinski definition) is 7. The number of hydrogen-bond donors (Lipinski definition) is 1. The molecule has 3 aromatic heterocycles. The van der Waals surface area contributed by atoms with Gasteiger partial charge in [0.05, 0.1) is 33.3 Å². The molecule has 1 fully saturated rings. The molecule has 11 heteroatoms. The van der Waals surface area contributed by atoms with E-state index < -0.39 is 0 Å². The van der Waals surface area contributed by atoms with E-state index >= 15 is 0 Å². The van der Waals surface area contributed by atoms with Gasteiger partial charge in [-0.05, 0) is 36.8 Å². The van der Waals surface area contributed by atoms with E-state index in [2.05, 4.69) is 20.5 Å². The molecule has 0 aromatic carbocycles. The van der Waals surface area contributed by atoms with Gasteiger partial charge >= 0.3 is 0 Å². The molecule has 1 saturated heterocycles. The van der Waals surface area contributed by atoms with Gasteiger partial charge in [0.15, 0.2) is 16.8 Å². The number of thioether (sulfide) groups is 1. The van der Waals surface area contributed by atoms with Gasteiger partial charge in [-0.1, -0.05) is 41.0 Å². The molecule has 1 N–H and O–H groups in total. The third-order valence-electron chi connectivity index (χ3n) is 4.66. The number of pyridine rings is 1. The lowest BCUT2D eigenvalue weighted by atomic mass is 10.2. The molecular weight excluding hydrogens is 465 g/mol. The van der Waals surface area contributed by atoms with Gasteiger partial charge in [0.1, 0.15) is 0 Å². The summed E-state index contributed by atoms with van der Waals surface area (Å²) < 4.78 is 7.84. The minimum absolute atomic E-state index is 0.132. The highest BCUT2D eigenvalue weighted by Crippen LogP contribution is 2.30. The number of ether oxygens (including phenoxy) is 1. The van der Waals surface area contributed by atoms with Gasteiger partial charge in [0.2, 0.25) is 5.91 Å². The Hall–Kier alpha value is -1.65. The number of rotatable bonds is 7. The Bertz CT molecular complexity index is 1040. The van der Waals surface area contributed by atoms with E-state index in [9.17, 15) is 4.79 Å². The quantitative estimate of drug-likeness (QED) is 0.479. The molecule has 1 atom stereocenters. The predicted octanol–water partition coefficient (Wildman–Crippen LogP) is 4.93. The van der Waals surface area contributed by atoms with Gasteiger partial charge in [-0.3, -0.25) is 9.36 Å². The summed E-state index contributed by atoms with van der Waals surface area (Å²) in [6.07, 6.45) is 3.66. The number of carbonyl (C=O) groups excluding carboxylic acids is 1. The van der Waals surface area contributed by atoms with Gasteiger partial charge in [-0.15, -0.1) is 21.5 Å². The number of aromatic nitrogens is 4. The second kappa shape index (κ2) is 9.65. The van der Waals surface area contributed by atoms with Gasteiger partial charge in [-0.2, -0.15) is 0 Å². The second-order valence-electron chi connectivity index (χ2n) is 6.76. The highest BCUT2D eigenvalue weighted by Gasteiger charge is 2.23. The van der Waals surface area contributed by atoms with Crippen molar-refractivity contribution >= 4 is 58.0 Å². The average molecular weight is 484 g/mol. The first-order valence-corrected chi connectivity index (χ1v) is 12.0. The van der Waals surface area contributed by atoms with Gasteiger partial charge in [-0.25, -0.2) is 4.98 Å². The molecule has 0 spiro atoms. The minimum Gasteiger partial charge on any atom is -0.376 e. The zero-order valence-corrected chi connectivity index (χ0v) is 19.2. The van der Waals surface area contributed by atoms with Crippen molar-refractivity contribution in [3.63, 3.8) is 0 Å². The number of carbonyl (C=O) groups is 1. The number of nitrogens with zero attached hydrogens (tertiary/aromatic N) is 4. The number of amides is 1. The molecule has 1 aliphatic heterocycles. The monoisotopic (exact) mass is 483 g/mol. The first-order valence-electron chi connectivity index (χ1n) is 9.35. The molecule has 0 bridgehead atoms. The summed E-state index contributed by atoms with van der Waals surface area (Å²) in [5.41, 5.74) is 0.674. The third-order valence-corrected chi connectivity index (χ3v) is 7.34. The predicted molar refractivity (Wildman–Crippen MR) is 121 cm³/mol. The Balaban J connectivity index is 1.47. The van der Waals surface area contributed by atoms with E-state index in [0.717, 1.165) is 30.2 Å². The van der Waals surface area contributed by atoms with Crippen molar-refractivity contribution in [1.29, 1.82) is 0 Å². The fourth-order valence-electron chi connectivity index (χ4n) is 3.08. The van der Waals surface area contributed by atoms with Crippen molar-refractivity contribution in [2.75, 3.05) is 17.7 Å². The Labute approximate surface area is 192 Å². The van der Waals surface area contributed by atoms with E-state index in [1.165, 1.54) is 18.0 Å². The van der Waals surface area contributed by atoms with Crippen LogP contribution in [-0.2, 0) is 16.1 Å². The van der Waals surface area contributed by atoms with Gasteiger partial charge in [0.25, 0.3) is 0 Å². The molecule has 4 rings (SSSR count). The van der Waals surface area contributed by atoms with Crippen molar-refractivity contribution in [2.24, 2.45) is 0 Å². The van der Waals surface area contributed by atoms with Crippen LogP contribution in [0.4, 0.5) is 5.82 Å². The highest BCUT2D eigenvalue weighted by atomic mass is 35.5. The number of nitrogens with one attached hydrogen (secondary N) is 1. The van der Waals surface area contributed by atoms with Crippen LogP contribution >= 0.6 is 46.3 Å². The van der Waals surface area contributed by atoms with Crippen LogP contribution in [0.5, 0.6) is 0 Å². The average Bonchev–Trinajstić information content (AvgIpc) is 3.49. The molecule has 0 radical (unpaired) electrons. The van der Waals surface area contributed by atoms with Crippen LogP contribution in [0.2, 0.25) is 10.0 Å². The molecule has 1 amide bonds. The zero-order valence-electron chi connectivity index (χ0n) is 16.1. The van der Waals surface area contributed by atoms with Crippen LogP contribution in [0.15, 0.2) is 28.9 Å². The maximum atomic E-state index is 12.5. The van der Waals surface area contributed by atoms with E-state index in [0.29, 0.717) is 33.1 Å². The number of anilines is 1. The Morgan fingerprint density at radius 2 is 2.30 bits per heavy atom. The molecule has 1 unspecified atom stereocenters. The lowest BCUT2D eigenvalue weighted by molar-refractivity contribution is -0.113. The topological polar surface area (TPSA) is 81.9 Å². The maximum Gasteiger partial charge on any atom is 0.236 e. The Kier molecular flexibility index (Phi) is 6.94. The van der Waals surface area contributed by atoms with Gasteiger partial charge in [0, 0.05) is 12.8 Å². The van der Waals surface area contributed by atoms with E-state index in [1.54, 1.807) is 18.3 Å². The minimum atomic E-state index is -0.236. The Morgan fingerprint density at radius 1 is 1.43 bits per heavy atom. The second-order valence-corrected chi connectivity index (χ2v) is 9.44. The fourth-order valence-corrected chi connectivity index (χ4v) is 4.94. The van der Waals surface area contributed by atoms with Crippen LogP contribution in [-0.4, -0.2) is 44.1 Å². The molecule has 1 aliphatic rings. The fraction of sp³-hybridized carbons (Fsp3) is 0.368. The first kappa shape index (κ1) is 21.6. The van der Waals surface area contributed by atoms with E-state index in [-0.39, 0.29) is 17.8 Å². The summed E-state index contributed by atoms with van der Waals surface area (Å²) in [4.78, 5) is 17.6. The van der Waals surface area contributed by atoms with Crippen molar-refractivity contribution in [2.45, 2.75) is 37.6 Å². The summed E-state index contributed by atoms with van der Waals surface area (Å²) in [5.74, 6) is 1.000. The molecule has 3 aromatic rings. The van der Waals surface area contributed by atoms with E-state index in [1.807, 2.05) is 22.1 Å². The van der Waals surface area contributed by atoms with Crippen molar-refractivity contribution in [3.05, 3.63) is 39.3 Å². The van der Waals surface area contributed by atoms with E-state index in [4.69, 9.17) is 27.9 Å². The molecule has 7 nitrogen and oxygen atoms in total. The lowest BCUT2D eigenvalue weighted by Crippen LogP contribution is -2.18. The summed E-state index contributed by atoms with van der Waals surface area (Å²) >= 11 is 15.2. The summed E-state index contributed by atoms with van der Waals surface area (Å²) in [6.45, 7) is 3.21. The highest BCUT2D eigenvalue weighted by molar-refractivity contribution is 7.99. The Morgan fingerprint density at radius 3 is 3.03 bits per heavy atom. The number of halogens is 2. The number of thiophene rings is 1. The molecular formula is C19H19Cl2N5O2S2. The third kappa shape index (κ3) is 4.81. The SMILES string of the molecule is Cc1c(Cl)cnc(NC(=O)CSc2nnc(-c3cccs3)n2CC2CCCO2)c1Cl. The summed E-state index contributed by atoms with van der Waals surface area (Å²) in [7, 11) is 0. The maximum absolute atomic E-state index is 12.5. The largest absolute Gasteiger partial charge is 0.376 e. The smallest absolute Gasteiger partial charge is 0.236 e. The summed E-state index contributed by atoms with van der Waals surface area (Å²) in [5, 5.41) is 14.9. The molecule has 158 valence electrons. The molecule has 30 heavy (non-hydrogen) atoms. The molecule has 0 saturated carbocycles. The van der Waals surface area contributed by atoms with Crippen LogP contribution in [0, 0.1) is 6.92 Å². The van der Waals surface area contributed by atoms with Crippen LogP contribution in [0.1, 0.15) is 18.4 Å². The van der Waals surface area contributed by atoms with Crippen molar-refractivity contribution in [1.82, 2.24) is 19.7 Å². The van der Waals surface area contributed by atoms with Crippen molar-refractivity contribution in [3.8, 4) is 10.7 Å². The lowest BCUT2D eigenvalue weighted by Gasteiger charge is -2.14. The summed E-state index contributed by atoms with van der Waals surface area (Å²) in [6, 6.07) is 3.99. The molecule has 4 heterocycles. The van der Waals surface area contributed by atoms with Crippen LogP contribution in [0.25, 0.3) is 10.7 Å². The standard InChI is InChI=1S/C19H19Cl2N5O2S2/c1-11-13(20)8-22-17(16(11)21)23-15(27)10-30-19-25-24-18(14-5-3-7-29-14)26(19)9-12-4-2-6-28-12/h3,5,7-8,12H,2,4,6,9-10H2,1H3,(H,22,23,27). The normalized spacial score (nSPS) is 16.2.